The number of hydrogen-bond acceptors (Lipinski definition) is 6. The SMILES string of the molecule is N#CC1(c2cccc(C(=O)Nc3cccc(Oc4ccc([N+](=O)[O-])cn4)c3)c2)CC1. The first-order valence-corrected chi connectivity index (χ1v) is 9.21. The summed E-state index contributed by atoms with van der Waals surface area (Å²) in [6.45, 7) is 0. The smallest absolute Gasteiger partial charge is 0.287 e. The molecule has 1 saturated carbocycles. The Bertz CT molecular complexity index is 1160. The van der Waals surface area contributed by atoms with Crippen molar-refractivity contribution in [2.24, 2.45) is 0 Å². The van der Waals surface area contributed by atoms with Crippen molar-refractivity contribution >= 4 is 17.3 Å². The number of rotatable bonds is 6. The lowest BCUT2D eigenvalue weighted by Gasteiger charge is -2.10. The van der Waals surface area contributed by atoms with Crippen molar-refractivity contribution in [1.29, 1.82) is 5.26 Å². The molecule has 1 amide bonds. The number of benzene rings is 2. The summed E-state index contributed by atoms with van der Waals surface area (Å²) in [4.78, 5) is 26.7. The number of nitrogens with zero attached hydrogens (tertiary/aromatic N) is 3. The highest BCUT2D eigenvalue weighted by molar-refractivity contribution is 6.04. The fourth-order valence-corrected chi connectivity index (χ4v) is 3.05. The van der Waals surface area contributed by atoms with Crippen molar-refractivity contribution in [1.82, 2.24) is 4.98 Å². The summed E-state index contributed by atoms with van der Waals surface area (Å²) in [6, 6.07) is 18.9. The van der Waals surface area contributed by atoms with Gasteiger partial charge in [-0.3, -0.25) is 14.9 Å². The number of anilines is 1. The summed E-state index contributed by atoms with van der Waals surface area (Å²) >= 11 is 0. The molecule has 30 heavy (non-hydrogen) atoms. The average Bonchev–Trinajstić information content (AvgIpc) is 3.56. The van der Waals surface area contributed by atoms with E-state index in [0.29, 0.717) is 17.0 Å². The molecule has 8 heteroatoms. The summed E-state index contributed by atoms with van der Waals surface area (Å²) in [5, 5.41) is 22.9. The quantitative estimate of drug-likeness (QED) is 0.477. The minimum atomic E-state index is -0.538. The molecule has 2 aromatic carbocycles. The molecule has 0 atom stereocenters. The largest absolute Gasteiger partial charge is 0.439 e. The minimum Gasteiger partial charge on any atom is -0.439 e. The van der Waals surface area contributed by atoms with Gasteiger partial charge in [-0.15, -0.1) is 0 Å². The van der Waals surface area contributed by atoms with Gasteiger partial charge < -0.3 is 10.1 Å². The van der Waals surface area contributed by atoms with Crippen LogP contribution in [0.15, 0.2) is 66.9 Å². The third kappa shape index (κ3) is 3.95. The first-order valence-electron chi connectivity index (χ1n) is 9.21. The highest BCUT2D eigenvalue weighted by atomic mass is 16.6. The molecule has 1 aliphatic carbocycles. The van der Waals surface area contributed by atoms with Gasteiger partial charge in [-0.25, -0.2) is 4.98 Å². The van der Waals surface area contributed by atoms with Crippen LogP contribution in [0.25, 0.3) is 0 Å². The Balaban J connectivity index is 1.47. The fraction of sp³-hybridized carbons (Fsp3) is 0.136. The van der Waals surface area contributed by atoms with Crippen molar-refractivity contribution in [2.45, 2.75) is 18.3 Å². The molecule has 8 nitrogen and oxygen atoms in total. The summed E-state index contributed by atoms with van der Waals surface area (Å²) in [5.41, 5.74) is 1.26. The predicted molar refractivity (Wildman–Crippen MR) is 108 cm³/mol. The number of nitro groups is 1. The van der Waals surface area contributed by atoms with Gasteiger partial charge in [-0.05, 0) is 42.7 Å². The highest BCUT2D eigenvalue weighted by Gasteiger charge is 2.44. The van der Waals surface area contributed by atoms with Crippen LogP contribution < -0.4 is 10.1 Å². The lowest BCUT2D eigenvalue weighted by Crippen LogP contribution is -2.13. The first-order chi connectivity index (χ1) is 14.5. The van der Waals surface area contributed by atoms with E-state index in [2.05, 4.69) is 16.4 Å². The zero-order valence-electron chi connectivity index (χ0n) is 15.7. The third-order valence-corrected chi connectivity index (χ3v) is 4.89. The van der Waals surface area contributed by atoms with Crippen molar-refractivity contribution < 1.29 is 14.5 Å². The maximum atomic E-state index is 12.7. The number of nitrogens with one attached hydrogen (secondary N) is 1. The monoisotopic (exact) mass is 400 g/mol. The maximum Gasteiger partial charge on any atom is 0.287 e. The number of pyridine rings is 1. The molecule has 148 valence electrons. The molecule has 0 spiro atoms. The first kappa shape index (κ1) is 19.1. The van der Waals surface area contributed by atoms with E-state index >= 15 is 0 Å². The molecule has 1 aliphatic rings. The lowest BCUT2D eigenvalue weighted by atomic mass is 9.96. The van der Waals surface area contributed by atoms with Gasteiger partial charge in [0.1, 0.15) is 11.9 Å². The van der Waals surface area contributed by atoms with E-state index in [-0.39, 0.29) is 17.5 Å². The second-order valence-electron chi connectivity index (χ2n) is 6.97. The number of carbonyl (C=O) groups is 1. The lowest BCUT2D eigenvalue weighted by molar-refractivity contribution is -0.385. The summed E-state index contributed by atoms with van der Waals surface area (Å²) in [6.07, 6.45) is 2.73. The van der Waals surface area contributed by atoms with Gasteiger partial charge in [0, 0.05) is 29.4 Å². The number of hydrogen-bond donors (Lipinski definition) is 1. The number of ether oxygens (including phenoxy) is 1. The highest BCUT2D eigenvalue weighted by Crippen LogP contribution is 2.47. The second-order valence-corrected chi connectivity index (χ2v) is 6.97. The average molecular weight is 400 g/mol. The Kier molecular flexibility index (Phi) is 4.86. The van der Waals surface area contributed by atoms with Crippen LogP contribution in [-0.4, -0.2) is 15.8 Å². The van der Waals surface area contributed by atoms with Gasteiger partial charge in [0.05, 0.1) is 16.4 Å². The zero-order valence-corrected chi connectivity index (χ0v) is 15.7. The molecule has 0 bridgehead atoms. The van der Waals surface area contributed by atoms with E-state index in [4.69, 9.17) is 4.74 Å². The number of carbonyl (C=O) groups excluding carboxylic acids is 1. The molecule has 0 aliphatic heterocycles. The molecule has 4 rings (SSSR count). The molecule has 0 radical (unpaired) electrons. The normalized spacial score (nSPS) is 13.7. The van der Waals surface area contributed by atoms with Crippen LogP contribution in [0.1, 0.15) is 28.8 Å². The minimum absolute atomic E-state index is 0.130. The Hall–Kier alpha value is -4.25. The van der Waals surface area contributed by atoms with Crippen LogP contribution in [0.5, 0.6) is 11.6 Å². The molecule has 1 heterocycles. The van der Waals surface area contributed by atoms with Crippen LogP contribution >= 0.6 is 0 Å². The van der Waals surface area contributed by atoms with Gasteiger partial charge >= 0.3 is 0 Å². The molecule has 0 saturated heterocycles. The number of aromatic nitrogens is 1. The van der Waals surface area contributed by atoms with Crippen LogP contribution in [0.3, 0.4) is 0 Å². The molecule has 1 N–H and O–H groups in total. The second kappa shape index (κ2) is 7.64. The molecule has 0 unspecified atom stereocenters. The van der Waals surface area contributed by atoms with Crippen molar-refractivity contribution in [3.63, 3.8) is 0 Å². The molecule has 1 fully saturated rings. The van der Waals surface area contributed by atoms with Gasteiger partial charge in [0.15, 0.2) is 0 Å². The van der Waals surface area contributed by atoms with Gasteiger partial charge in [0.2, 0.25) is 5.88 Å². The van der Waals surface area contributed by atoms with E-state index in [9.17, 15) is 20.2 Å². The van der Waals surface area contributed by atoms with Crippen LogP contribution in [0.4, 0.5) is 11.4 Å². The number of amides is 1. The predicted octanol–water partition coefficient (Wildman–Crippen LogP) is 4.59. The van der Waals surface area contributed by atoms with E-state index in [0.717, 1.165) is 24.6 Å². The van der Waals surface area contributed by atoms with Gasteiger partial charge in [-0.2, -0.15) is 5.26 Å². The summed E-state index contributed by atoms with van der Waals surface area (Å²) in [7, 11) is 0. The Morgan fingerprint density at radius 2 is 1.97 bits per heavy atom. The third-order valence-electron chi connectivity index (χ3n) is 4.89. The number of nitriles is 1. The van der Waals surface area contributed by atoms with Crippen molar-refractivity contribution in [3.05, 3.63) is 88.1 Å². The van der Waals surface area contributed by atoms with Gasteiger partial charge in [0.25, 0.3) is 11.6 Å². The van der Waals surface area contributed by atoms with Crippen molar-refractivity contribution in [2.75, 3.05) is 5.32 Å². The Morgan fingerprint density at radius 1 is 1.17 bits per heavy atom. The van der Waals surface area contributed by atoms with E-state index < -0.39 is 10.3 Å². The Labute approximate surface area is 171 Å². The zero-order chi connectivity index (χ0) is 21.1. The molecular weight excluding hydrogens is 384 g/mol. The molecule has 3 aromatic rings. The van der Waals surface area contributed by atoms with Crippen LogP contribution in [-0.2, 0) is 5.41 Å². The molecule has 1 aromatic heterocycles. The Morgan fingerprint density at radius 3 is 2.63 bits per heavy atom. The van der Waals surface area contributed by atoms with Crippen LogP contribution in [0, 0.1) is 21.4 Å². The maximum absolute atomic E-state index is 12.7. The van der Waals surface area contributed by atoms with E-state index in [1.54, 1.807) is 42.5 Å². The van der Waals surface area contributed by atoms with E-state index in [1.807, 2.05) is 6.07 Å². The van der Waals surface area contributed by atoms with Crippen LogP contribution in [0.2, 0.25) is 0 Å². The van der Waals surface area contributed by atoms with E-state index in [1.165, 1.54) is 12.1 Å². The summed E-state index contributed by atoms with van der Waals surface area (Å²) in [5.74, 6) is 0.323. The summed E-state index contributed by atoms with van der Waals surface area (Å²) < 4.78 is 5.61. The standard InChI is InChI=1S/C22H16N4O4/c23-14-22(9-10-22)16-4-1-3-15(11-16)21(27)25-17-5-2-6-19(12-17)30-20-8-7-18(13-24-20)26(28)29/h1-8,11-13H,9-10H2,(H,25,27). The van der Waals surface area contributed by atoms with Crippen molar-refractivity contribution in [3.8, 4) is 17.7 Å². The van der Waals surface area contributed by atoms with Gasteiger partial charge in [-0.1, -0.05) is 18.2 Å². The molecular formula is C22H16N4O4. The fourth-order valence-electron chi connectivity index (χ4n) is 3.05. The topological polar surface area (TPSA) is 118 Å².